The summed E-state index contributed by atoms with van der Waals surface area (Å²) in [6, 6.07) is 22.1. The van der Waals surface area contributed by atoms with Crippen LogP contribution in [0.1, 0.15) is 78.0 Å². The SMILES string of the molecule is C.CN(C)c1ccc(N=Nc2ccc(C(=O)O)cc2[N+](=O)[O-])cc1.[2H]OC[C@H](CC(=O)c1ccc(N=Nc2ccc(N(C)C)cc2)c([N+](=O)[O-])c1)[C@H](C)OP(OCC[N+]#[C-])N(C(C)C)C(C)C.[3H]C. The number of Topliss-reactive ketones (excluding diaryl/α,β-unsaturated/α-hetero) is 1. The molecule has 0 heterocycles. The van der Waals surface area contributed by atoms with Crippen LogP contribution in [-0.2, 0) is 9.05 Å². The van der Waals surface area contributed by atoms with Gasteiger partial charge in [0.15, 0.2) is 17.2 Å². The number of hydrogen-bond acceptors (Lipinski definition) is 16. The zero-order chi connectivity index (χ0) is 51.1. The highest BCUT2D eigenvalue weighted by Crippen LogP contribution is 2.48. The van der Waals surface area contributed by atoms with Crippen molar-refractivity contribution in [1.29, 1.82) is 1.43 Å². The zero-order valence-corrected chi connectivity index (χ0v) is 39.7. The fraction of sp³-hybridized carbons (Fsp3) is 0.413. The first kappa shape index (κ1) is 54.7. The quantitative estimate of drug-likeness (QED) is 0.0134. The van der Waals surface area contributed by atoms with Gasteiger partial charge in [-0.25, -0.2) is 16.0 Å². The minimum Gasteiger partial charge on any atom is -0.478 e. The summed E-state index contributed by atoms with van der Waals surface area (Å²) < 4.78 is 27.4. The predicted molar refractivity (Wildman–Crippen MR) is 263 cm³/mol. The lowest BCUT2D eigenvalue weighted by Crippen LogP contribution is -2.36. The van der Waals surface area contributed by atoms with Crippen LogP contribution in [0.4, 0.5) is 45.5 Å². The number of aliphatic hydroxyl groups excluding tert-OH is 1. The number of aromatic carboxylic acids is 1. The minimum absolute atomic E-state index is 0. The van der Waals surface area contributed by atoms with Gasteiger partial charge < -0.3 is 33.9 Å². The number of anilines is 2. The molecule has 0 aliphatic carbocycles. The van der Waals surface area contributed by atoms with Crippen molar-refractivity contribution in [2.45, 2.75) is 74.1 Å². The number of carbonyl (C=O) groups excluding carboxylic acids is 1. The Morgan fingerprint density at radius 2 is 1.24 bits per heavy atom. The van der Waals surface area contributed by atoms with Gasteiger partial charge in [-0.3, -0.25) is 25.0 Å². The van der Waals surface area contributed by atoms with Gasteiger partial charge in [0.1, 0.15) is 6.61 Å². The van der Waals surface area contributed by atoms with E-state index in [0.29, 0.717) is 11.4 Å². The van der Waals surface area contributed by atoms with Crippen LogP contribution in [0.25, 0.3) is 4.85 Å². The highest BCUT2D eigenvalue weighted by Gasteiger charge is 2.32. The molecule has 3 atom stereocenters. The Morgan fingerprint density at radius 1 is 0.791 bits per heavy atom. The number of rotatable bonds is 23. The van der Waals surface area contributed by atoms with Crippen LogP contribution in [0.15, 0.2) is 105 Å². The minimum atomic E-state index is -1.58. The molecule has 67 heavy (non-hydrogen) atoms. The van der Waals surface area contributed by atoms with Crippen LogP contribution >= 0.6 is 8.53 Å². The van der Waals surface area contributed by atoms with Crippen molar-refractivity contribution in [3.05, 3.63) is 128 Å². The molecule has 21 heteroatoms. The summed E-state index contributed by atoms with van der Waals surface area (Å²) in [4.78, 5) is 53.0. The van der Waals surface area contributed by atoms with Gasteiger partial charge in [-0.2, -0.15) is 10.2 Å². The van der Waals surface area contributed by atoms with E-state index in [4.69, 9.17) is 23.5 Å². The molecule has 0 aromatic heterocycles. The fourth-order valence-corrected chi connectivity index (χ4v) is 7.66. The zero-order valence-electron chi connectivity index (χ0n) is 40.8. The first-order valence-electron chi connectivity index (χ1n) is 21.7. The van der Waals surface area contributed by atoms with E-state index in [-0.39, 0.29) is 79.7 Å². The molecule has 1 unspecified atom stereocenters. The molecule has 0 fully saturated rings. The van der Waals surface area contributed by atoms with Gasteiger partial charge in [-0.1, -0.05) is 14.8 Å². The van der Waals surface area contributed by atoms with Gasteiger partial charge in [0, 0.05) is 89.7 Å². The van der Waals surface area contributed by atoms with E-state index in [1.54, 1.807) is 31.2 Å². The van der Waals surface area contributed by atoms with E-state index in [0.717, 1.165) is 17.4 Å². The molecule has 20 nitrogen and oxygen atoms in total. The Labute approximate surface area is 396 Å². The van der Waals surface area contributed by atoms with Gasteiger partial charge in [-0.15, -0.1) is 10.2 Å². The first-order valence-corrected chi connectivity index (χ1v) is 21.4. The Balaban J connectivity index is 0.000000769. The van der Waals surface area contributed by atoms with Crippen molar-refractivity contribution in [1.82, 2.24) is 4.67 Å². The average molecular weight is 950 g/mol. The van der Waals surface area contributed by atoms with Crippen LogP contribution in [0.2, 0.25) is 0 Å². The van der Waals surface area contributed by atoms with Gasteiger partial charge in [0.25, 0.3) is 19.9 Å². The third-order valence-corrected chi connectivity index (χ3v) is 11.6. The third kappa shape index (κ3) is 17.9. The highest BCUT2D eigenvalue weighted by molar-refractivity contribution is 7.44. The predicted octanol–water partition coefficient (Wildman–Crippen LogP) is 12.0. The van der Waals surface area contributed by atoms with Crippen molar-refractivity contribution in [3.8, 4) is 0 Å². The van der Waals surface area contributed by atoms with Gasteiger partial charge >= 0.3 is 5.97 Å². The lowest BCUT2D eigenvalue weighted by atomic mass is 9.94. The lowest BCUT2D eigenvalue weighted by Gasteiger charge is -2.37. The van der Waals surface area contributed by atoms with Crippen molar-refractivity contribution in [2.75, 3.05) is 57.7 Å². The topological polar surface area (TPSA) is 243 Å². The average Bonchev–Trinajstić information content (AvgIpc) is 3.30. The van der Waals surface area contributed by atoms with Crippen LogP contribution in [0.3, 0.4) is 0 Å². The molecule has 4 rings (SSSR count). The number of nitrogens with zero attached hydrogens (tertiary/aromatic N) is 10. The smallest absolute Gasteiger partial charge is 0.335 e. The maximum Gasteiger partial charge on any atom is 0.335 e. The van der Waals surface area contributed by atoms with Crippen LogP contribution < -0.4 is 9.80 Å². The maximum atomic E-state index is 13.3. The van der Waals surface area contributed by atoms with Crippen molar-refractivity contribution in [2.24, 2.45) is 26.4 Å². The molecule has 0 aliphatic rings. The Kier molecular flexibility index (Phi) is 23.2. The molecule has 362 valence electrons. The standard InChI is InChI=1S/C29H41N6O6P.C15H14N4O4.2CH4/c1-20(2)34(21(3)4)42(40-16-15-30-6)41-22(5)24(19-36)18-29(37)23-9-14-27(28(17-23)35(38)39)32-31-25-10-12-26(13-11-25)33(7)8;1-18(2)12-6-4-11(5-7-12)16-17-13-8-3-10(15(20)21)9-14(13)19(22)23;;/h9-14,17,20-22,24,36H,15-16,18-19H2,1-5,7-8H3;3-9H,1-2H3,(H,20,21);2*1H4/t22-,24-,42?;;;/m0.../s1/i36D;;1T;. The molecule has 0 bridgehead atoms. The van der Waals surface area contributed by atoms with E-state index < -0.39 is 42.1 Å². The number of carboxylic acids is 1. The molecule has 4 aromatic carbocycles. The summed E-state index contributed by atoms with van der Waals surface area (Å²) in [6.45, 7) is 17.2. The van der Waals surface area contributed by atoms with Crippen LogP contribution in [-0.4, -0.2) is 104 Å². The summed E-state index contributed by atoms with van der Waals surface area (Å²) in [5.41, 5.74) is 2.24. The van der Waals surface area contributed by atoms with E-state index in [9.17, 15) is 29.8 Å². The lowest BCUT2D eigenvalue weighted by molar-refractivity contribution is -0.384. The molecule has 0 radical (unpaired) electrons. The van der Waals surface area contributed by atoms with Crippen molar-refractivity contribution in [3.63, 3.8) is 0 Å². The largest absolute Gasteiger partial charge is 0.478 e. The summed E-state index contributed by atoms with van der Waals surface area (Å²) in [7, 11) is 7.32. The number of nitro benzene ring substituents is 2. The Hall–Kier alpha value is -6.62. The van der Waals surface area contributed by atoms with Gasteiger partial charge in [0.2, 0.25) is 7.98 Å². The number of benzene rings is 4. The molecule has 0 aliphatic heterocycles. The molecule has 4 aromatic rings. The summed E-state index contributed by atoms with van der Waals surface area (Å²) >= 11 is 0. The first-order chi connectivity index (χ1) is 32.3. The monoisotopic (exact) mass is 949 g/mol. The number of hydrogen-bond donors (Lipinski definition) is 2. The number of nitro groups is 2. The third-order valence-electron chi connectivity index (χ3n) is 9.43. The van der Waals surface area contributed by atoms with Gasteiger partial charge in [0.05, 0.1) is 32.9 Å². The number of ketones is 1. The van der Waals surface area contributed by atoms with Crippen molar-refractivity contribution >= 4 is 65.8 Å². The maximum absolute atomic E-state index is 13.3. The Morgan fingerprint density at radius 3 is 1.63 bits per heavy atom. The summed E-state index contributed by atoms with van der Waals surface area (Å²) in [6.07, 6.45) is -0.638. The van der Waals surface area contributed by atoms with E-state index in [2.05, 4.69) is 35.1 Å². The normalized spacial score (nSPS) is 12.7. The Bertz CT molecular complexity index is 2360. The molecular weight excluding hydrogens is 884 g/mol. The fourth-order valence-electron chi connectivity index (χ4n) is 5.91. The highest BCUT2D eigenvalue weighted by atomic mass is 31.2. The molecular formula is C46H63N10O10P. The van der Waals surface area contributed by atoms with Crippen molar-refractivity contribution < 1.29 is 40.1 Å². The second-order valence-corrected chi connectivity index (χ2v) is 16.7. The molecule has 0 saturated carbocycles. The molecule has 0 spiro atoms. The molecule has 0 amide bonds. The number of carbonyl (C=O) groups is 2. The van der Waals surface area contributed by atoms with Crippen LogP contribution in [0.5, 0.6) is 0 Å². The molecule has 0 saturated heterocycles. The van der Waals surface area contributed by atoms with E-state index in [1.165, 1.54) is 37.7 Å². The summed E-state index contributed by atoms with van der Waals surface area (Å²) in [5.74, 6) is -2.15. The van der Waals surface area contributed by atoms with E-state index >= 15 is 0 Å². The second kappa shape index (κ2) is 28.4. The molecule has 2 N–H and O–H groups in total. The number of carboxylic acid groups (broad SMARTS) is 1. The van der Waals surface area contributed by atoms with Crippen LogP contribution in [0, 0.1) is 32.7 Å². The summed E-state index contributed by atoms with van der Waals surface area (Å²) in [5, 5.41) is 52.4. The van der Waals surface area contributed by atoms with Gasteiger partial charge in [-0.05, 0) is 107 Å². The number of azo groups is 2. The second-order valence-electron chi connectivity index (χ2n) is 15.3. The number of aliphatic hydroxyl groups is 1. The van der Waals surface area contributed by atoms with E-state index in [1.807, 2.05) is 90.0 Å².